The van der Waals surface area contributed by atoms with E-state index in [9.17, 15) is 9.59 Å². The molecule has 3 rings (SSSR count). The number of carbonyl (C=O) groups excluding carboxylic acids is 1. The van der Waals surface area contributed by atoms with Crippen molar-refractivity contribution in [2.75, 3.05) is 6.61 Å². The van der Waals surface area contributed by atoms with Crippen LogP contribution in [0.25, 0.3) is 15.3 Å². The third kappa shape index (κ3) is 2.18. The predicted molar refractivity (Wildman–Crippen MR) is 69.5 cm³/mol. The Morgan fingerprint density at radius 1 is 1.53 bits per heavy atom. The molecule has 9 heteroatoms. The van der Waals surface area contributed by atoms with Gasteiger partial charge in [0.15, 0.2) is 11.6 Å². The van der Waals surface area contributed by atoms with Crippen LogP contribution in [0.2, 0.25) is 0 Å². The molecule has 19 heavy (non-hydrogen) atoms. The fraction of sp³-hybridized carbons (Fsp3) is 0.100. The van der Waals surface area contributed by atoms with Crippen LogP contribution < -0.4 is 5.48 Å². The molecule has 0 atom stereocenters. The van der Waals surface area contributed by atoms with Crippen molar-refractivity contribution in [1.29, 1.82) is 0 Å². The molecule has 7 nitrogen and oxygen atoms in total. The first-order chi connectivity index (χ1) is 9.15. The number of hydrogen-bond acceptors (Lipinski definition) is 6. The van der Waals surface area contributed by atoms with Gasteiger partial charge >= 0.3 is 5.97 Å². The lowest BCUT2D eigenvalue weighted by molar-refractivity contribution is -0.144. The van der Waals surface area contributed by atoms with Gasteiger partial charge in [0.2, 0.25) is 0 Å². The number of fused-ring (bicyclic) bond motifs is 3. The van der Waals surface area contributed by atoms with E-state index in [0.717, 1.165) is 15.3 Å². The Labute approximate surface area is 114 Å². The fourth-order valence-corrected chi connectivity index (χ4v) is 3.26. The number of hydrogen-bond donors (Lipinski definition) is 2. The van der Waals surface area contributed by atoms with E-state index in [1.165, 1.54) is 22.7 Å². The number of nitrogens with one attached hydrogen (secondary N) is 1. The summed E-state index contributed by atoms with van der Waals surface area (Å²) in [5.74, 6) is -1.63. The topological polar surface area (TPSA) is 92.9 Å². The summed E-state index contributed by atoms with van der Waals surface area (Å²) in [7, 11) is 0. The molecular formula is C10H7N3O4S2. The molecule has 0 aliphatic heterocycles. The van der Waals surface area contributed by atoms with Gasteiger partial charge in [-0.2, -0.15) is 0 Å². The molecule has 0 saturated heterocycles. The minimum absolute atomic E-state index is 0.420. The summed E-state index contributed by atoms with van der Waals surface area (Å²) in [6.45, 7) is -0.579. The molecule has 0 aliphatic carbocycles. The van der Waals surface area contributed by atoms with Crippen LogP contribution in [0.5, 0.6) is 0 Å². The lowest BCUT2D eigenvalue weighted by Gasteiger charge is -2.00. The van der Waals surface area contributed by atoms with Crippen molar-refractivity contribution in [2.24, 2.45) is 0 Å². The van der Waals surface area contributed by atoms with Crippen molar-refractivity contribution in [3.8, 4) is 0 Å². The second-order valence-corrected chi connectivity index (χ2v) is 5.49. The maximum atomic E-state index is 11.7. The normalized spacial score (nSPS) is 11.2. The number of aromatic nitrogens is 2. The SMILES string of the molecule is O=C(O)CONC(=O)c1cc2c(nc3sccn32)s1. The average Bonchev–Trinajstić information content (AvgIpc) is 2.98. The number of aliphatic carboxylic acids is 1. The largest absolute Gasteiger partial charge is 0.479 e. The Kier molecular flexibility index (Phi) is 2.93. The standard InChI is InChI=1S/C10H7N3O4S2/c14-7(15)4-17-12-8(16)6-3-5-9(19-6)11-10-13(5)1-2-18-10/h1-3H,4H2,(H,12,16)(H,14,15). The molecule has 2 N–H and O–H groups in total. The molecule has 0 unspecified atom stereocenters. The van der Waals surface area contributed by atoms with Crippen molar-refractivity contribution < 1.29 is 19.5 Å². The number of carbonyl (C=O) groups is 2. The number of nitrogens with zero attached hydrogens (tertiary/aromatic N) is 2. The molecule has 3 heterocycles. The number of imidazole rings is 1. The minimum atomic E-state index is -1.15. The van der Waals surface area contributed by atoms with Crippen LogP contribution in [-0.4, -0.2) is 33.0 Å². The van der Waals surface area contributed by atoms with Crippen molar-refractivity contribution in [3.63, 3.8) is 0 Å². The summed E-state index contributed by atoms with van der Waals surface area (Å²) in [5, 5.41) is 10.3. The lowest BCUT2D eigenvalue weighted by atomic mass is 10.4. The van der Waals surface area contributed by atoms with Crippen LogP contribution in [0, 0.1) is 0 Å². The summed E-state index contributed by atoms with van der Waals surface area (Å²) in [4.78, 5) is 32.9. The van der Waals surface area contributed by atoms with Gasteiger partial charge in [-0.1, -0.05) is 0 Å². The summed E-state index contributed by atoms with van der Waals surface area (Å²) >= 11 is 2.75. The molecule has 98 valence electrons. The van der Waals surface area contributed by atoms with Gasteiger partial charge in [0.05, 0.1) is 10.4 Å². The van der Waals surface area contributed by atoms with Gasteiger partial charge in [-0.05, 0) is 6.07 Å². The van der Waals surface area contributed by atoms with Crippen LogP contribution in [0.4, 0.5) is 0 Å². The van der Waals surface area contributed by atoms with E-state index in [4.69, 9.17) is 5.11 Å². The first-order valence-electron chi connectivity index (χ1n) is 5.14. The van der Waals surface area contributed by atoms with Crippen molar-refractivity contribution >= 4 is 49.9 Å². The van der Waals surface area contributed by atoms with Crippen molar-refractivity contribution in [3.05, 3.63) is 22.5 Å². The van der Waals surface area contributed by atoms with Gasteiger partial charge in [0, 0.05) is 11.6 Å². The lowest BCUT2D eigenvalue weighted by Crippen LogP contribution is -2.25. The smallest absolute Gasteiger partial charge is 0.332 e. The zero-order chi connectivity index (χ0) is 13.4. The molecule has 3 aromatic heterocycles. The van der Waals surface area contributed by atoms with Crippen molar-refractivity contribution in [2.45, 2.75) is 0 Å². The van der Waals surface area contributed by atoms with Crippen LogP contribution in [-0.2, 0) is 9.63 Å². The van der Waals surface area contributed by atoms with E-state index >= 15 is 0 Å². The number of carboxylic acids is 1. The summed E-state index contributed by atoms with van der Waals surface area (Å²) in [5.41, 5.74) is 2.93. The number of hydroxylamine groups is 1. The Balaban J connectivity index is 1.82. The quantitative estimate of drug-likeness (QED) is 0.709. The highest BCUT2D eigenvalue weighted by Gasteiger charge is 2.15. The van der Waals surface area contributed by atoms with Crippen LogP contribution in [0.3, 0.4) is 0 Å². The van der Waals surface area contributed by atoms with E-state index in [-0.39, 0.29) is 0 Å². The van der Waals surface area contributed by atoms with Gasteiger partial charge in [0.25, 0.3) is 5.91 Å². The van der Waals surface area contributed by atoms with Gasteiger partial charge < -0.3 is 5.11 Å². The Morgan fingerprint density at radius 3 is 3.16 bits per heavy atom. The Morgan fingerprint density at radius 2 is 2.37 bits per heavy atom. The van der Waals surface area contributed by atoms with Gasteiger partial charge in [0.1, 0.15) is 4.83 Å². The molecule has 0 spiro atoms. The third-order valence-corrected chi connectivity index (χ3v) is 4.10. The molecule has 1 amide bonds. The van der Waals surface area contributed by atoms with Gasteiger partial charge in [-0.15, -0.1) is 22.7 Å². The number of thiazole rings is 1. The van der Waals surface area contributed by atoms with E-state index in [1.807, 2.05) is 16.0 Å². The Hall–Kier alpha value is -1.97. The van der Waals surface area contributed by atoms with Crippen LogP contribution in [0.15, 0.2) is 17.6 Å². The number of rotatable bonds is 4. The maximum Gasteiger partial charge on any atom is 0.332 e. The molecule has 0 fully saturated rings. The van der Waals surface area contributed by atoms with E-state index in [1.54, 1.807) is 6.07 Å². The molecule has 0 bridgehead atoms. The first kappa shape index (κ1) is 12.1. The van der Waals surface area contributed by atoms with E-state index in [2.05, 4.69) is 15.3 Å². The summed E-state index contributed by atoms with van der Waals surface area (Å²) in [6, 6.07) is 1.70. The summed E-state index contributed by atoms with van der Waals surface area (Å²) < 4.78 is 1.89. The van der Waals surface area contributed by atoms with Gasteiger partial charge in [-0.3, -0.25) is 14.0 Å². The highest BCUT2D eigenvalue weighted by atomic mass is 32.1. The number of amides is 1. The molecule has 0 radical (unpaired) electrons. The molecular weight excluding hydrogens is 290 g/mol. The zero-order valence-corrected chi connectivity index (χ0v) is 11.0. The van der Waals surface area contributed by atoms with E-state index in [0.29, 0.717) is 4.88 Å². The highest BCUT2D eigenvalue weighted by Crippen LogP contribution is 2.28. The monoisotopic (exact) mass is 297 g/mol. The van der Waals surface area contributed by atoms with Crippen molar-refractivity contribution in [1.82, 2.24) is 14.9 Å². The van der Waals surface area contributed by atoms with Gasteiger partial charge in [-0.25, -0.2) is 15.3 Å². The van der Waals surface area contributed by atoms with Crippen LogP contribution >= 0.6 is 22.7 Å². The molecule has 3 aromatic rings. The second-order valence-electron chi connectivity index (χ2n) is 3.58. The highest BCUT2D eigenvalue weighted by molar-refractivity contribution is 7.21. The molecule has 0 aliphatic rings. The van der Waals surface area contributed by atoms with E-state index < -0.39 is 18.5 Å². The Bertz CT molecular complexity index is 772. The zero-order valence-electron chi connectivity index (χ0n) is 9.32. The average molecular weight is 297 g/mol. The molecule has 0 saturated carbocycles. The summed E-state index contributed by atoms with van der Waals surface area (Å²) in [6.07, 6.45) is 1.88. The van der Waals surface area contributed by atoms with Crippen LogP contribution in [0.1, 0.15) is 9.67 Å². The second kappa shape index (κ2) is 4.61. The fourth-order valence-electron chi connectivity index (χ4n) is 1.57. The third-order valence-electron chi connectivity index (χ3n) is 2.32. The first-order valence-corrected chi connectivity index (χ1v) is 6.84. The predicted octanol–water partition coefficient (Wildman–Crippen LogP) is 1.36. The molecule has 0 aromatic carbocycles. The minimum Gasteiger partial charge on any atom is -0.479 e. The number of carboxylic acid groups (broad SMARTS) is 1. The maximum absolute atomic E-state index is 11.7. The number of thiophene rings is 1.